The van der Waals surface area contributed by atoms with Gasteiger partial charge in [-0.2, -0.15) is 0 Å². The van der Waals surface area contributed by atoms with Gasteiger partial charge in [0.15, 0.2) is 11.2 Å². The molecule has 210 valence electrons. The number of benzene rings is 1. The van der Waals surface area contributed by atoms with Gasteiger partial charge in [-0.3, -0.25) is 13.9 Å². The molecule has 1 aromatic carbocycles. The van der Waals surface area contributed by atoms with Gasteiger partial charge in [-0.15, -0.1) is 0 Å². The molecular weight excluding hydrogens is 540 g/mol. The van der Waals surface area contributed by atoms with E-state index < -0.39 is 29.0 Å². The number of imidazole rings is 1. The average Bonchev–Trinajstić information content (AvgIpc) is 3.43. The number of hydrogen-bond acceptors (Lipinski definition) is 6. The summed E-state index contributed by atoms with van der Waals surface area (Å²) < 4.78 is 10.4. The van der Waals surface area contributed by atoms with E-state index in [1.165, 1.54) is 11.6 Å². The predicted molar refractivity (Wildman–Crippen MR) is 150 cm³/mol. The molecule has 13 heteroatoms. The lowest BCUT2D eigenvalue weighted by Crippen LogP contribution is -2.40. The average molecular weight is 569 g/mol. The first-order valence-corrected chi connectivity index (χ1v) is 13.0. The van der Waals surface area contributed by atoms with Gasteiger partial charge in [-0.05, 0) is 45.4 Å². The van der Waals surface area contributed by atoms with E-state index >= 15 is 0 Å². The Morgan fingerprint density at radius 3 is 2.55 bits per heavy atom. The second kappa shape index (κ2) is 9.70. The van der Waals surface area contributed by atoms with E-state index in [9.17, 15) is 24.3 Å². The molecular formula is C27H29ClN6O6. The summed E-state index contributed by atoms with van der Waals surface area (Å²) in [4.78, 5) is 58.1. The highest BCUT2D eigenvalue weighted by Gasteiger charge is 2.28. The number of carbonyl (C=O) groups is 2. The van der Waals surface area contributed by atoms with Gasteiger partial charge in [-0.25, -0.2) is 23.9 Å². The largest absolute Gasteiger partial charge is 0.464 e. The number of carboxylic acid groups (broad SMARTS) is 1. The quantitative estimate of drug-likeness (QED) is 0.399. The van der Waals surface area contributed by atoms with Crippen LogP contribution in [-0.2, 0) is 25.4 Å². The van der Waals surface area contributed by atoms with E-state index in [2.05, 4.69) is 4.98 Å². The third-order valence-electron chi connectivity index (χ3n) is 6.83. The Kier molecular flexibility index (Phi) is 6.61. The van der Waals surface area contributed by atoms with Crippen LogP contribution in [-0.4, -0.2) is 64.1 Å². The summed E-state index contributed by atoms with van der Waals surface area (Å²) in [5, 5.41) is 10.7. The number of hydrogen-bond donors (Lipinski definition) is 1. The van der Waals surface area contributed by atoms with Crippen molar-refractivity contribution in [3.05, 3.63) is 67.7 Å². The van der Waals surface area contributed by atoms with Crippen molar-refractivity contribution in [2.45, 2.75) is 39.3 Å². The molecule has 4 heterocycles. The highest BCUT2D eigenvalue weighted by atomic mass is 35.5. The first kappa shape index (κ1) is 27.3. The number of aryl methyl sites for hydroxylation is 2. The molecule has 0 saturated carbocycles. The molecule has 12 nitrogen and oxygen atoms in total. The van der Waals surface area contributed by atoms with Crippen LogP contribution < -0.4 is 11.2 Å². The minimum Gasteiger partial charge on any atom is -0.464 e. The van der Waals surface area contributed by atoms with E-state index in [0.29, 0.717) is 34.7 Å². The SMILES string of the molecule is Cn1c(C2=CCCN(C(=O)OC(C)(C)C)C2)nc2c1c(=O)n(Cc1cc3c(Cl)cccc3n1C(=O)O)c(=O)n2C. The molecule has 0 aliphatic carbocycles. The van der Waals surface area contributed by atoms with Crippen LogP contribution in [0.5, 0.6) is 0 Å². The van der Waals surface area contributed by atoms with Crippen molar-refractivity contribution in [1.82, 2.24) is 28.2 Å². The van der Waals surface area contributed by atoms with Gasteiger partial charge in [-0.1, -0.05) is 23.7 Å². The van der Waals surface area contributed by atoms with Crippen molar-refractivity contribution in [3.63, 3.8) is 0 Å². The Morgan fingerprint density at radius 2 is 1.88 bits per heavy atom. The van der Waals surface area contributed by atoms with Crippen molar-refractivity contribution in [2.75, 3.05) is 13.1 Å². The fourth-order valence-electron chi connectivity index (χ4n) is 5.01. The Labute approximate surface area is 233 Å². The van der Waals surface area contributed by atoms with Crippen molar-refractivity contribution < 1.29 is 19.4 Å². The molecule has 5 rings (SSSR count). The number of aromatic nitrogens is 5. The molecule has 0 fully saturated rings. The molecule has 1 aliphatic rings. The van der Waals surface area contributed by atoms with Gasteiger partial charge >= 0.3 is 17.9 Å². The first-order valence-electron chi connectivity index (χ1n) is 12.6. The topological polar surface area (TPSA) is 134 Å². The van der Waals surface area contributed by atoms with Crippen LogP contribution in [0.3, 0.4) is 0 Å². The van der Waals surface area contributed by atoms with Gasteiger partial charge in [0.1, 0.15) is 11.4 Å². The molecule has 1 N–H and O–H groups in total. The first-order chi connectivity index (χ1) is 18.8. The van der Waals surface area contributed by atoms with Crippen LogP contribution >= 0.6 is 11.6 Å². The van der Waals surface area contributed by atoms with Gasteiger partial charge in [0.2, 0.25) is 0 Å². The van der Waals surface area contributed by atoms with Crippen LogP contribution in [0.15, 0.2) is 39.9 Å². The third-order valence-corrected chi connectivity index (χ3v) is 7.16. The zero-order chi connectivity index (χ0) is 29.1. The lowest BCUT2D eigenvalue weighted by Gasteiger charge is -2.30. The highest BCUT2D eigenvalue weighted by Crippen LogP contribution is 2.28. The summed E-state index contributed by atoms with van der Waals surface area (Å²) >= 11 is 6.28. The molecule has 1 amide bonds. The minimum atomic E-state index is -1.26. The summed E-state index contributed by atoms with van der Waals surface area (Å²) in [7, 11) is 3.17. The summed E-state index contributed by atoms with van der Waals surface area (Å²) in [5.41, 5.74) is -0.283. The molecule has 0 spiro atoms. The maximum absolute atomic E-state index is 13.7. The summed E-state index contributed by atoms with van der Waals surface area (Å²) in [6.45, 7) is 5.81. The Hall–Kier alpha value is -4.32. The molecule has 0 atom stereocenters. The lowest BCUT2D eigenvalue weighted by molar-refractivity contribution is 0.0272. The molecule has 40 heavy (non-hydrogen) atoms. The van der Waals surface area contributed by atoms with Gasteiger partial charge in [0.05, 0.1) is 24.3 Å². The third kappa shape index (κ3) is 4.57. The van der Waals surface area contributed by atoms with Crippen LogP contribution in [0.25, 0.3) is 27.6 Å². The normalized spacial score (nSPS) is 14.2. The van der Waals surface area contributed by atoms with Gasteiger partial charge in [0, 0.05) is 36.6 Å². The smallest absolute Gasteiger partial charge is 0.416 e. The van der Waals surface area contributed by atoms with E-state index in [4.69, 9.17) is 16.3 Å². The summed E-state index contributed by atoms with van der Waals surface area (Å²) in [5.74, 6) is 0.444. The zero-order valence-electron chi connectivity index (χ0n) is 22.8. The van der Waals surface area contributed by atoms with Crippen molar-refractivity contribution in [3.8, 4) is 0 Å². The summed E-state index contributed by atoms with van der Waals surface area (Å²) in [6, 6.07) is 6.44. The Balaban J connectivity index is 1.59. The van der Waals surface area contributed by atoms with E-state index in [0.717, 1.165) is 14.7 Å². The van der Waals surface area contributed by atoms with Crippen LogP contribution in [0.2, 0.25) is 5.02 Å². The van der Waals surface area contributed by atoms with E-state index in [1.54, 1.807) is 61.6 Å². The minimum absolute atomic E-state index is 0.170. The maximum Gasteiger partial charge on any atom is 0.416 e. The van der Waals surface area contributed by atoms with Crippen LogP contribution in [0.1, 0.15) is 38.7 Å². The molecule has 0 unspecified atom stereocenters. The number of carbonyl (C=O) groups excluding carboxylic acids is 1. The number of amides is 1. The standard InChI is InChI=1S/C27H29ClN6O6/c1-27(2,3)40-26(39)32-11-7-8-15(13-32)21-29-22-20(30(21)4)23(35)33(24(36)31(22)5)14-16-12-17-18(28)9-6-10-19(17)34(16)25(37)38/h6,8-10,12H,7,11,13-14H2,1-5H3,(H,37,38). The number of halogens is 1. The second-order valence-corrected chi connectivity index (χ2v) is 11.2. The molecule has 0 saturated heterocycles. The molecule has 4 aromatic rings. The fraction of sp³-hybridized carbons (Fsp3) is 0.370. The lowest BCUT2D eigenvalue weighted by atomic mass is 10.1. The summed E-state index contributed by atoms with van der Waals surface area (Å²) in [6.07, 6.45) is 0.817. The van der Waals surface area contributed by atoms with E-state index in [1.807, 2.05) is 6.08 Å². The Bertz CT molecular complexity index is 1850. The van der Waals surface area contributed by atoms with E-state index in [-0.39, 0.29) is 29.9 Å². The molecule has 3 aromatic heterocycles. The van der Waals surface area contributed by atoms with Crippen molar-refractivity contribution in [1.29, 1.82) is 0 Å². The van der Waals surface area contributed by atoms with Crippen LogP contribution in [0, 0.1) is 0 Å². The monoisotopic (exact) mass is 568 g/mol. The predicted octanol–water partition coefficient (Wildman–Crippen LogP) is 3.64. The van der Waals surface area contributed by atoms with Crippen molar-refractivity contribution >= 4 is 51.4 Å². The van der Waals surface area contributed by atoms with Gasteiger partial charge < -0.3 is 19.3 Å². The van der Waals surface area contributed by atoms with Crippen molar-refractivity contribution in [2.24, 2.45) is 14.1 Å². The molecule has 0 bridgehead atoms. The number of nitrogens with zero attached hydrogens (tertiary/aromatic N) is 6. The maximum atomic E-state index is 13.7. The number of ether oxygens (including phenoxy) is 1. The molecule has 1 aliphatic heterocycles. The zero-order valence-corrected chi connectivity index (χ0v) is 23.5. The number of rotatable bonds is 3. The fourth-order valence-corrected chi connectivity index (χ4v) is 5.24. The second-order valence-electron chi connectivity index (χ2n) is 10.7. The van der Waals surface area contributed by atoms with Gasteiger partial charge in [0.25, 0.3) is 5.56 Å². The highest BCUT2D eigenvalue weighted by molar-refractivity contribution is 6.35. The van der Waals surface area contributed by atoms with Crippen LogP contribution in [0.4, 0.5) is 9.59 Å². The number of fused-ring (bicyclic) bond motifs is 2. The molecule has 0 radical (unpaired) electrons. The Morgan fingerprint density at radius 1 is 1.15 bits per heavy atom.